The van der Waals surface area contributed by atoms with Crippen LogP contribution in [0.2, 0.25) is 0 Å². The number of carboxylic acids is 1. The Labute approximate surface area is 78.8 Å². The number of carbonyl (C=O) groups is 1. The number of hydrogen-bond donors (Lipinski definition) is 2. The molecule has 0 bridgehead atoms. The number of aliphatic hydroxyl groups excluding tert-OH is 1. The van der Waals surface area contributed by atoms with Gasteiger partial charge in [-0.15, -0.1) is 0 Å². The Bertz CT molecular complexity index is 187. The van der Waals surface area contributed by atoms with Crippen LogP contribution in [0.3, 0.4) is 0 Å². The molecule has 0 heterocycles. The van der Waals surface area contributed by atoms with Gasteiger partial charge < -0.3 is 10.2 Å². The summed E-state index contributed by atoms with van der Waals surface area (Å²) in [5.74, 6) is -0.528. The molecule has 2 atom stereocenters. The fourth-order valence-electron chi connectivity index (χ4n) is 2.41. The Morgan fingerprint density at radius 2 is 2.23 bits per heavy atom. The molecule has 1 aliphatic rings. The molecule has 2 unspecified atom stereocenters. The van der Waals surface area contributed by atoms with Gasteiger partial charge in [0.15, 0.2) is 0 Å². The van der Waals surface area contributed by atoms with Crippen LogP contribution in [-0.2, 0) is 4.79 Å². The third-order valence-corrected chi connectivity index (χ3v) is 3.44. The molecule has 1 saturated carbocycles. The maximum absolute atomic E-state index is 11.2. The summed E-state index contributed by atoms with van der Waals surface area (Å²) in [5.41, 5.74) is -0.646. The van der Waals surface area contributed by atoms with Crippen molar-refractivity contribution in [1.29, 1.82) is 0 Å². The SMILES string of the molecule is CC1CCCCC1(CCO)C(=O)O. The van der Waals surface area contributed by atoms with Crippen molar-refractivity contribution in [3.63, 3.8) is 0 Å². The van der Waals surface area contributed by atoms with Gasteiger partial charge in [-0.3, -0.25) is 4.79 Å². The molecule has 0 radical (unpaired) electrons. The highest BCUT2D eigenvalue weighted by atomic mass is 16.4. The molecule has 0 spiro atoms. The Balaban J connectivity index is 2.79. The van der Waals surface area contributed by atoms with Gasteiger partial charge in [0.05, 0.1) is 5.41 Å². The molecular formula is C10H18O3. The molecule has 13 heavy (non-hydrogen) atoms. The van der Waals surface area contributed by atoms with E-state index in [1.807, 2.05) is 6.92 Å². The molecule has 2 N–H and O–H groups in total. The van der Waals surface area contributed by atoms with Crippen molar-refractivity contribution in [3.05, 3.63) is 0 Å². The summed E-state index contributed by atoms with van der Waals surface area (Å²) in [7, 11) is 0. The molecule has 0 aliphatic heterocycles. The van der Waals surface area contributed by atoms with E-state index < -0.39 is 11.4 Å². The van der Waals surface area contributed by atoms with Crippen LogP contribution in [0.25, 0.3) is 0 Å². The number of aliphatic hydroxyl groups is 1. The molecule has 76 valence electrons. The van der Waals surface area contributed by atoms with Crippen LogP contribution in [0.5, 0.6) is 0 Å². The highest BCUT2D eigenvalue weighted by Crippen LogP contribution is 2.43. The fraction of sp³-hybridized carbons (Fsp3) is 0.900. The lowest BCUT2D eigenvalue weighted by Crippen LogP contribution is -2.40. The summed E-state index contributed by atoms with van der Waals surface area (Å²) in [6.45, 7) is 1.97. The van der Waals surface area contributed by atoms with Crippen molar-refractivity contribution >= 4 is 5.97 Å². The first-order chi connectivity index (χ1) is 6.13. The summed E-state index contributed by atoms with van der Waals surface area (Å²) in [5, 5.41) is 18.1. The van der Waals surface area contributed by atoms with Gasteiger partial charge in [0.25, 0.3) is 0 Å². The van der Waals surface area contributed by atoms with E-state index in [-0.39, 0.29) is 12.5 Å². The van der Waals surface area contributed by atoms with Crippen LogP contribution in [0.1, 0.15) is 39.0 Å². The summed E-state index contributed by atoms with van der Waals surface area (Å²) in [4.78, 5) is 11.2. The van der Waals surface area contributed by atoms with E-state index in [9.17, 15) is 9.90 Å². The number of rotatable bonds is 3. The number of carboxylic acid groups (broad SMARTS) is 1. The summed E-state index contributed by atoms with van der Waals surface area (Å²) in [6, 6.07) is 0. The van der Waals surface area contributed by atoms with Gasteiger partial charge >= 0.3 is 5.97 Å². The molecule has 0 amide bonds. The average Bonchev–Trinajstić information content (AvgIpc) is 2.09. The first-order valence-corrected chi connectivity index (χ1v) is 4.98. The van der Waals surface area contributed by atoms with Gasteiger partial charge in [-0.1, -0.05) is 19.8 Å². The lowest BCUT2D eigenvalue weighted by Gasteiger charge is -2.38. The maximum atomic E-state index is 11.2. The van der Waals surface area contributed by atoms with Gasteiger partial charge in [-0.2, -0.15) is 0 Å². The van der Waals surface area contributed by atoms with Crippen molar-refractivity contribution < 1.29 is 15.0 Å². The summed E-state index contributed by atoms with van der Waals surface area (Å²) >= 11 is 0. The zero-order valence-corrected chi connectivity index (χ0v) is 8.12. The fourth-order valence-corrected chi connectivity index (χ4v) is 2.41. The molecular weight excluding hydrogens is 168 g/mol. The minimum atomic E-state index is -0.728. The highest BCUT2D eigenvalue weighted by molar-refractivity contribution is 5.75. The quantitative estimate of drug-likeness (QED) is 0.704. The lowest BCUT2D eigenvalue weighted by atomic mass is 9.65. The molecule has 0 aromatic heterocycles. The summed E-state index contributed by atoms with van der Waals surface area (Å²) in [6.07, 6.45) is 4.22. The molecule has 0 saturated heterocycles. The molecule has 3 nitrogen and oxygen atoms in total. The second kappa shape index (κ2) is 4.09. The van der Waals surface area contributed by atoms with Gasteiger partial charge in [-0.05, 0) is 25.2 Å². The van der Waals surface area contributed by atoms with Crippen molar-refractivity contribution in [2.24, 2.45) is 11.3 Å². The highest BCUT2D eigenvalue weighted by Gasteiger charge is 2.44. The van der Waals surface area contributed by atoms with Crippen LogP contribution in [0.4, 0.5) is 0 Å². The van der Waals surface area contributed by atoms with Crippen molar-refractivity contribution in [2.75, 3.05) is 6.61 Å². The molecule has 1 fully saturated rings. The standard InChI is InChI=1S/C10H18O3/c1-8-4-2-3-5-10(8,6-7-11)9(12)13/h8,11H,2-7H2,1H3,(H,12,13). The lowest BCUT2D eigenvalue weighted by molar-refractivity contribution is -0.156. The Hall–Kier alpha value is -0.570. The van der Waals surface area contributed by atoms with E-state index in [2.05, 4.69) is 0 Å². The second-order valence-electron chi connectivity index (χ2n) is 4.08. The first-order valence-electron chi connectivity index (χ1n) is 4.98. The van der Waals surface area contributed by atoms with Crippen molar-refractivity contribution in [3.8, 4) is 0 Å². The Kier molecular flexibility index (Phi) is 3.31. The van der Waals surface area contributed by atoms with Gasteiger partial charge in [-0.25, -0.2) is 0 Å². The maximum Gasteiger partial charge on any atom is 0.309 e. The van der Waals surface area contributed by atoms with E-state index in [0.717, 1.165) is 25.7 Å². The normalized spacial score (nSPS) is 34.5. The van der Waals surface area contributed by atoms with E-state index in [4.69, 9.17) is 5.11 Å². The van der Waals surface area contributed by atoms with Crippen LogP contribution < -0.4 is 0 Å². The average molecular weight is 186 g/mol. The minimum Gasteiger partial charge on any atom is -0.481 e. The largest absolute Gasteiger partial charge is 0.481 e. The van der Waals surface area contributed by atoms with Crippen LogP contribution in [0.15, 0.2) is 0 Å². The van der Waals surface area contributed by atoms with Crippen molar-refractivity contribution in [1.82, 2.24) is 0 Å². The molecule has 1 aliphatic carbocycles. The monoisotopic (exact) mass is 186 g/mol. The van der Waals surface area contributed by atoms with Crippen LogP contribution in [0, 0.1) is 11.3 Å². The van der Waals surface area contributed by atoms with E-state index in [1.54, 1.807) is 0 Å². The molecule has 1 rings (SSSR count). The summed E-state index contributed by atoms with van der Waals surface area (Å²) < 4.78 is 0. The number of hydrogen-bond acceptors (Lipinski definition) is 2. The number of aliphatic carboxylic acids is 1. The first kappa shape index (κ1) is 10.5. The third-order valence-electron chi connectivity index (χ3n) is 3.44. The zero-order valence-electron chi connectivity index (χ0n) is 8.12. The van der Waals surface area contributed by atoms with Crippen LogP contribution >= 0.6 is 0 Å². The molecule has 0 aromatic rings. The van der Waals surface area contributed by atoms with Gasteiger partial charge in [0, 0.05) is 6.61 Å². The van der Waals surface area contributed by atoms with Crippen LogP contribution in [-0.4, -0.2) is 22.8 Å². The van der Waals surface area contributed by atoms with E-state index in [0.29, 0.717) is 6.42 Å². The smallest absolute Gasteiger partial charge is 0.309 e. The zero-order chi connectivity index (χ0) is 9.90. The van der Waals surface area contributed by atoms with E-state index in [1.165, 1.54) is 0 Å². The molecule has 0 aromatic carbocycles. The predicted octanol–water partition coefficient (Wildman–Crippen LogP) is 1.65. The van der Waals surface area contributed by atoms with Gasteiger partial charge in [0.2, 0.25) is 0 Å². The third kappa shape index (κ3) is 1.85. The predicted molar refractivity (Wildman–Crippen MR) is 49.4 cm³/mol. The Morgan fingerprint density at radius 3 is 2.69 bits per heavy atom. The Morgan fingerprint density at radius 1 is 1.54 bits per heavy atom. The van der Waals surface area contributed by atoms with Crippen molar-refractivity contribution in [2.45, 2.75) is 39.0 Å². The second-order valence-corrected chi connectivity index (χ2v) is 4.08. The molecule has 3 heteroatoms. The van der Waals surface area contributed by atoms with E-state index >= 15 is 0 Å². The minimum absolute atomic E-state index is 0.0172. The van der Waals surface area contributed by atoms with Gasteiger partial charge in [0.1, 0.15) is 0 Å². The topological polar surface area (TPSA) is 57.5 Å².